The Balaban J connectivity index is 1.97. The number of nitro groups is 1. The van der Waals surface area contributed by atoms with Gasteiger partial charge in [0.05, 0.1) is 10.5 Å². The quantitative estimate of drug-likeness (QED) is 0.395. The Morgan fingerprint density at radius 1 is 1.03 bits per heavy atom. The summed E-state index contributed by atoms with van der Waals surface area (Å²) in [6, 6.07) is 9.21. The number of halogens is 4. The molecule has 11 heteroatoms. The minimum atomic E-state index is -4.55. The number of nitrogens with one attached hydrogen (secondary N) is 2. The second kappa shape index (κ2) is 7.92. The van der Waals surface area contributed by atoms with Crippen LogP contribution in [0.3, 0.4) is 0 Å². The molecule has 0 aliphatic heterocycles. The SMILES string of the molecule is Cc1ccc(Nc2ncnc(Nc3cccc(C(F)(F)F)c3)c2[N+](=O)[O-])cc1Cl. The fourth-order valence-corrected chi connectivity index (χ4v) is 2.63. The Morgan fingerprint density at radius 2 is 1.66 bits per heavy atom. The van der Waals surface area contributed by atoms with Gasteiger partial charge in [-0.15, -0.1) is 0 Å². The van der Waals surface area contributed by atoms with E-state index in [0.717, 1.165) is 24.0 Å². The maximum absolute atomic E-state index is 12.9. The van der Waals surface area contributed by atoms with E-state index in [2.05, 4.69) is 20.6 Å². The average molecular weight is 424 g/mol. The van der Waals surface area contributed by atoms with Crippen LogP contribution in [0.15, 0.2) is 48.8 Å². The maximum Gasteiger partial charge on any atom is 0.416 e. The van der Waals surface area contributed by atoms with E-state index in [0.29, 0.717) is 10.7 Å². The fraction of sp³-hybridized carbons (Fsp3) is 0.111. The number of aromatic nitrogens is 2. The molecule has 3 rings (SSSR count). The molecular weight excluding hydrogens is 411 g/mol. The molecule has 2 aromatic carbocycles. The van der Waals surface area contributed by atoms with Gasteiger partial charge in [-0.05, 0) is 42.8 Å². The second-order valence-corrected chi connectivity index (χ2v) is 6.38. The van der Waals surface area contributed by atoms with Crippen LogP contribution in [0.2, 0.25) is 5.02 Å². The van der Waals surface area contributed by atoms with E-state index in [1.54, 1.807) is 25.1 Å². The first kappa shape index (κ1) is 20.3. The molecule has 0 unspecified atom stereocenters. The summed E-state index contributed by atoms with van der Waals surface area (Å²) < 4.78 is 38.7. The summed E-state index contributed by atoms with van der Waals surface area (Å²) in [5, 5.41) is 17.4. The van der Waals surface area contributed by atoms with E-state index in [-0.39, 0.29) is 17.3 Å². The van der Waals surface area contributed by atoms with Gasteiger partial charge in [-0.25, -0.2) is 9.97 Å². The van der Waals surface area contributed by atoms with Gasteiger partial charge in [0.1, 0.15) is 6.33 Å². The van der Waals surface area contributed by atoms with Crippen molar-refractivity contribution in [1.29, 1.82) is 0 Å². The first-order valence-corrected chi connectivity index (χ1v) is 8.50. The van der Waals surface area contributed by atoms with Crippen LogP contribution in [0, 0.1) is 17.0 Å². The van der Waals surface area contributed by atoms with Gasteiger partial charge in [0.25, 0.3) is 0 Å². The highest BCUT2D eigenvalue weighted by molar-refractivity contribution is 6.31. The molecule has 0 bridgehead atoms. The third kappa shape index (κ3) is 4.72. The zero-order chi connectivity index (χ0) is 21.2. The summed E-state index contributed by atoms with van der Waals surface area (Å²) in [4.78, 5) is 18.6. The number of aryl methyl sites for hydroxylation is 1. The third-order valence-electron chi connectivity index (χ3n) is 3.89. The van der Waals surface area contributed by atoms with Gasteiger partial charge in [0, 0.05) is 16.4 Å². The molecule has 29 heavy (non-hydrogen) atoms. The van der Waals surface area contributed by atoms with E-state index in [1.807, 2.05) is 0 Å². The second-order valence-electron chi connectivity index (χ2n) is 5.97. The maximum atomic E-state index is 12.9. The molecule has 0 radical (unpaired) electrons. The van der Waals surface area contributed by atoms with E-state index < -0.39 is 22.4 Å². The Bertz CT molecular complexity index is 1080. The number of nitrogens with zero attached hydrogens (tertiary/aromatic N) is 3. The molecule has 0 aliphatic carbocycles. The lowest BCUT2D eigenvalue weighted by Crippen LogP contribution is -2.07. The van der Waals surface area contributed by atoms with Crippen LogP contribution in [-0.2, 0) is 6.18 Å². The summed E-state index contributed by atoms with van der Waals surface area (Å²) in [7, 11) is 0. The highest BCUT2D eigenvalue weighted by Gasteiger charge is 2.31. The first-order valence-electron chi connectivity index (χ1n) is 8.12. The van der Waals surface area contributed by atoms with Crippen molar-refractivity contribution in [1.82, 2.24) is 9.97 Å². The van der Waals surface area contributed by atoms with Gasteiger partial charge in [0.15, 0.2) is 0 Å². The Kier molecular flexibility index (Phi) is 5.55. The third-order valence-corrected chi connectivity index (χ3v) is 4.30. The zero-order valence-corrected chi connectivity index (χ0v) is 15.5. The molecule has 0 atom stereocenters. The number of rotatable bonds is 5. The van der Waals surface area contributed by atoms with Crippen molar-refractivity contribution in [3.05, 3.63) is 75.1 Å². The van der Waals surface area contributed by atoms with Crippen molar-refractivity contribution in [2.45, 2.75) is 13.1 Å². The minimum absolute atomic E-state index is 0.00837. The Hall–Kier alpha value is -3.40. The monoisotopic (exact) mass is 423 g/mol. The topological polar surface area (TPSA) is 93.0 Å². The predicted molar refractivity (Wildman–Crippen MR) is 103 cm³/mol. The number of hydrogen-bond acceptors (Lipinski definition) is 6. The lowest BCUT2D eigenvalue weighted by molar-refractivity contribution is -0.383. The summed E-state index contributed by atoms with van der Waals surface area (Å²) in [6.07, 6.45) is -3.49. The number of anilines is 4. The highest BCUT2D eigenvalue weighted by atomic mass is 35.5. The molecule has 0 fully saturated rings. The van der Waals surface area contributed by atoms with E-state index in [1.165, 1.54) is 12.1 Å². The average Bonchev–Trinajstić information content (AvgIpc) is 2.64. The Labute approximate surface area is 167 Å². The zero-order valence-electron chi connectivity index (χ0n) is 14.8. The molecule has 7 nitrogen and oxygen atoms in total. The largest absolute Gasteiger partial charge is 0.416 e. The van der Waals surface area contributed by atoms with Crippen LogP contribution >= 0.6 is 11.6 Å². The molecule has 0 amide bonds. The van der Waals surface area contributed by atoms with Crippen LogP contribution < -0.4 is 10.6 Å². The van der Waals surface area contributed by atoms with Crippen LogP contribution in [-0.4, -0.2) is 14.9 Å². The van der Waals surface area contributed by atoms with Gasteiger partial charge in [-0.1, -0.05) is 23.7 Å². The molecule has 150 valence electrons. The van der Waals surface area contributed by atoms with Crippen molar-refractivity contribution in [3.63, 3.8) is 0 Å². The molecule has 0 aliphatic rings. The van der Waals surface area contributed by atoms with Crippen molar-refractivity contribution in [2.75, 3.05) is 10.6 Å². The molecular formula is C18H13ClF3N5O2. The Morgan fingerprint density at radius 3 is 2.21 bits per heavy atom. The summed E-state index contributed by atoms with van der Waals surface area (Å²) in [6.45, 7) is 1.80. The molecule has 1 aromatic heterocycles. The predicted octanol–water partition coefficient (Wildman–Crippen LogP) is 5.85. The van der Waals surface area contributed by atoms with Crippen molar-refractivity contribution in [3.8, 4) is 0 Å². The lowest BCUT2D eigenvalue weighted by atomic mass is 10.2. The normalized spacial score (nSPS) is 11.2. The summed E-state index contributed by atoms with van der Waals surface area (Å²) in [5.41, 5.74) is -0.159. The molecule has 1 heterocycles. The fourth-order valence-electron chi connectivity index (χ4n) is 2.45. The van der Waals surface area contributed by atoms with E-state index in [4.69, 9.17) is 11.6 Å². The van der Waals surface area contributed by atoms with E-state index in [9.17, 15) is 23.3 Å². The molecule has 2 N–H and O–H groups in total. The van der Waals surface area contributed by atoms with E-state index >= 15 is 0 Å². The molecule has 0 saturated carbocycles. The van der Waals surface area contributed by atoms with Crippen LogP contribution in [0.1, 0.15) is 11.1 Å². The van der Waals surface area contributed by atoms with Gasteiger partial charge < -0.3 is 10.6 Å². The standard InChI is InChI=1S/C18H13ClF3N5O2/c1-10-5-6-13(8-14(10)19)26-17-15(27(28)29)16(23-9-24-17)25-12-4-2-3-11(7-12)18(20,21)22/h2-9H,1H3,(H2,23,24,25,26). The van der Waals surface area contributed by atoms with Crippen molar-refractivity contribution >= 4 is 40.3 Å². The summed E-state index contributed by atoms with van der Waals surface area (Å²) in [5.74, 6) is -0.399. The van der Waals surface area contributed by atoms with Crippen LogP contribution in [0.25, 0.3) is 0 Å². The highest BCUT2D eigenvalue weighted by Crippen LogP contribution is 2.35. The molecule has 0 saturated heterocycles. The number of benzene rings is 2. The van der Waals surface area contributed by atoms with Crippen molar-refractivity contribution < 1.29 is 18.1 Å². The van der Waals surface area contributed by atoms with Gasteiger partial charge in [-0.3, -0.25) is 10.1 Å². The van der Waals surface area contributed by atoms with Crippen LogP contribution in [0.5, 0.6) is 0 Å². The van der Waals surface area contributed by atoms with Gasteiger partial charge >= 0.3 is 11.9 Å². The van der Waals surface area contributed by atoms with Crippen LogP contribution in [0.4, 0.5) is 41.9 Å². The minimum Gasteiger partial charge on any atom is -0.334 e. The number of hydrogen-bond donors (Lipinski definition) is 2. The lowest BCUT2D eigenvalue weighted by Gasteiger charge is -2.12. The smallest absolute Gasteiger partial charge is 0.334 e. The molecule has 3 aromatic rings. The van der Waals surface area contributed by atoms with Gasteiger partial charge in [-0.2, -0.15) is 13.2 Å². The summed E-state index contributed by atoms with van der Waals surface area (Å²) >= 11 is 6.06. The van der Waals surface area contributed by atoms with Crippen molar-refractivity contribution in [2.24, 2.45) is 0 Å². The number of alkyl halides is 3. The van der Waals surface area contributed by atoms with Gasteiger partial charge in [0.2, 0.25) is 11.6 Å². The molecule has 0 spiro atoms. The first-order chi connectivity index (χ1) is 13.6.